The highest BCUT2D eigenvalue weighted by Crippen LogP contribution is 2.32. The summed E-state index contributed by atoms with van der Waals surface area (Å²) >= 11 is 5.88. The minimum Gasteiger partial charge on any atom is -0.490 e. The van der Waals surface area contributed by atoms with Gasteiger partial charge in [-0.25, -0.2) is 4.98 Å². The normalized spacial score (nSPS) is 11.0. The van der Waals surface area contributed by atoms with E-state index in [0.29, 0.717) is 5.56 Å². The van der Waals surface area contributed by atoms with Gasteiger partial charge in [-0.15, -0.1) is 0 Å². The summed E-state index contributed by atoms with van der Waals surface area (Å²) in [6.45, 7) is 2.02. The van der Waals surface area contributed by atoms with Gasteiger partial charge in [-0.1, -0.05) is 11.6 Å². The monoisotopic (exact) mass is 341 g/mol. The van der Waals surface area contributed by atoms with Gasteiger partial charge < -0.3 is 13.5 Å². The quantitative estimate of drug-likeness (QED) is 0.773. The van der Waals surface area contributed by atoms with Gasteiger partial charge in [-0.05, 0) is 19.1 Å². The summed E-state index contributed by atoms with van der Waals surface area (Å²) in [7, 11) is -2.65. The topological polar surface area (TPSA) is 94.2 Å². The summed E-state index contributed by atoms with van der Waals surface area (Å²) in [5.74, 6) is 0.111. The summed E-state index contributed by atoms with van der Waals surface area (Å²) < 4.78 is 36.2. The second-order valence-electron chi connectivity index (χ2n) is 4.20. The van der Waals surface area contributed by atoms with Crippen LogP contribution in [0, 0.1) is 11.3 Å². The number of nitriles is 1. The van der Waals surface area contributed by atoms with E-state index < -0.39 is 10.1 Å². The van der Waals surface area contributed by atoms with E-state index in [-0.39, 0.29) is 28.3 Å². The largest absolute Gasteiger partial charge is 0.490 e. The summed E-state index contributed by atoms with van der Waals surface area (Å²) in [6.07, 6.45) is 1.26. The Balaban J connectivity index is 2.41. The Hall–Kier alpha value is -2.24. The van der Waals surface area contributed by atoms with Crippen LogP contribution < -0.4 is 8.92 Å². The number of aromatic nitrogens is 2. The number of nitrogens with zero attached hydrogens (tertiary/aromatic N) is 3. The van der Waals surface area contributed by atoms with Gasteiger partial charge in [0, 0.05) is 13.1 Å². The van der Waals surface area contributed by atoms with Crippen molar-refractivity contribution in [2.24, 2.45) is 7.05 Å². The van der Waals surface area contributed by atoms with Crippen LogP contribution in [-0.4, -0.2) is 24.6 Å². The molecule has 1 heterocycles. The number of imidazole rings is 1. The zero-order chi connectivity index (χ0) is 16.3. The third-order valence-electron chi connectivity index (χ3n) is 2.64. The smallest absolute Gasteiger partial charge is 0.360 e. The van der Waals surface area contributed by atoms with Gasteiger partial charge in [0.25, 0.3) is 0 Å². The van der Waals surface area contributed by atoms with E-state index >= 15 is 0 Å². The van der Waals surface area contributed by atoms with Crippen LogP contribution in [0.15, 0.2) is 29.6 Å². The van der Waals surface area contributed by atoms with Gasteiger partial charge in [0.2, 0.25) is 5.03 Å². The van der Waals surface area contributed by atoms with Crippen molar-refractivity contribution in [1.29, 1.82) is 5.26 Å². The molecule has 0 aliphatic carbocycles. The lowest BCUT2D eigenvalue weighted by Gasteiger charge is -2.11. The molecule has 2 aromatic rings. The maximum Gasteiger partial charge on any atom is 0.360 e. The molecule has 0 radical (unpaired) electrons. The number of rotatable bonds is 5. The summed E-state index contributed by atoms with van der Waals surface area (Å²) in [6, 6.07) is 6.10. The Morgan fingerprint density at radius 2 is 2.14 bits per heavy atom. The number of hydrogen-bond donors (Lipinski definition) is 0. The zero-order valence-corrected chi connectivity index (χ0v) is 13.3. The fourth-order valence-corrected chi connectivity index (χ4v) is 2.99. The van der Waals surface area contributed by atoms with Crippen LogP contribution in [0.1, 0.15) is 12.5 Å². The Morgan fingerprint density at radius 3 is 2.68 bits per heavy atom. The third-order valence-corrected chi connectivity index (χ3v) is 4.37. The first-order chi connectivity index (χ1) is 10.4. The molecule has 0 aliphatic rings. The molecule has 0 N–H and O–H groups in total. The van der Waals surface area contributed by atoms with Crippen LogP contribution in [0.4, 0.5) is 0 Å². The SMILES string of the molecule is CCOc1cc(C#N)ccc1OS(=O)(=O)c1ncn(C)c1Cl. The second kappa shape index (κ2) is 6.25. The van der Waals surface area contributed by atoms with E-state index in [9.17, 15) is 8.42 Å². The molecule has 0 saturated carbocycles. The predicted octanol–water partition coefficient (Wildman–Crippen LogP) is 2.11. The van der Waals surface area contributed by atoms with Crippen molar-refractivity contribution in [1.82, 2.24) is 9.55 Å². The van der Waals surface area contributed by atoms with Crippen LogP contribution in [0.5, 0.6) is 11.5 Å². The second-order valence-corrected chi connectivity index (χ2v) is 6.01. The molecule has 0 aliphatic heterocycles. The van der Waals surface area contributed by atoms with Crippen molar-refractivity contribution < 1.29 is 17.3 Å². The van der Waals surface area contributed by atoms with E-state index in [4.69, 9.17) is 25.8 Å². The lowest BCUT2D eigenvalue weighted by molar-refractivity contribution is 0.327. The third kappa shape index (κ3) is 3.16. The Morgan fingerprint density at radius 1 is 1.41 bits per heavy atom. The minimum absolute atomic E-state index is 0.0393. The van der Waals surface area contributed by atoms with Crippen LogP contribution in [0.3, 0.4) is 0 Å². The van der Waals surface area contributed by atoms with Crippen molar-refractivity contribution in [3.63, 3.8) is 0 Å². The molecule has 2 rings (SSSR count). The van der Waals surface area contributed by atoms with Gasteiger partial charge >= 0.3 is 10.1 Å². The number of hydrogen-bond acceptors (Lipinski definition) is 6. The molecule has 0 atom stereocenters. The lowest BCUT2D eigenvalue weighted by Crippen LogP contribution is -2.12. The molecule has 116 valence electrons. The van der Waals surface area contributed by atoms with Gasteiger partial charge in [0.1, 0.15) is 0 Å². The summed E-state index contributed by atoms with van der Waals surface area (Å²) in [5, 5.41) is 8.43. The molecule has 0 amide bonds. The van der Waals surface area contributed by atoms with Crippen molar-refractivity contribution in [2.75, 3.05) is 6.61 Å². The Bertz CT molecular complexity index is 839. The molecule has 1 aromatic carbocycles. The van der Waals surface area contributed by atoms with Crippen LogP contribution in [-0.2, 0) is 17.2 Å². The molecular weight excluding hydrogens is 330 g/mol. The fourth-order valence-electron chi connectivity index (χ4n) is 1.63. The van der Waals surface area contributed by atoms with Crippen molar-refractivity contribution in [3.8, 4) is 17.6 Å². The molecule has 0 unspecified atom stereocenters. The fraction of sp³-hybridized carbons (Fsp3) is 0.231. The maximum atomic E-state index is 12.2. The number of halogens is 1. The van der Waals surface area contributed by atoms with Crippen molar-refractivity contribution in [3.05, 3.63) is 35.2 Å². The first-order valence-corrected chi connectivity index (χ1v) is 7.96. The first-order valence-electron chi connectivity index (χ1n) is 6.17. The highest BCUT2D eigenvalue weighted by molar-refractivity contribution is 7.87. The molecule has 0 fully saturated rings. The Labute approximate surface area is 132 Å². The highest BCUT2D eigenvalue weighted by Gasteiger charge is 2.26. The van der Waals surface area contributed by atoms with Gasteiger partial charge in [0.05, 0.1) is 24.6 Å². The zero-order valence-electron chi connectivity index (χ0n) is 11.8. The number of benzene rings is 1. The summed E-state index contributed by atoms with van der Waals surface area (Å²) in [5.41, 5.74) is 0.323. The lowest BCUT2D eigenvalue weighted by atomic mass is 10.2. The molecule has 1 aromatic heterocycles. The molecule has 0 spiro atoms. The number of aryl methyl sites for hydroxylation is 1. The average Bonchev–Trinajstić information content (AvgIpc) is 2.81. The molecule has 9 heteroatoms. The standard InChI is InChI=1S/C13H12ClN3O4S/c1-3-20-11-6-9(7-15)4-5-10(11)21-22(18,19)13-12(14)17(2)8-16-13/h4-6,8H,3H2,1-2H3. The number of ether oxygens (including phenoxy) is 1. The minimum atomic E-state index is -4.21. The van der Waals surface area contributed by atoms with E-state index in [1.54, 1.807) is 14.0 Å². The predicted molar refractivity (Wildman–Crippen MR) is 78.4 cm³/mol. The van der Waals surface area contributed by atoms with Crippen LogP contribution in [0.2, 0.25) is 5.15 Å². The maximum absolute atomic E-state index is 12.2. The molecule has 22 heavy (non-hydrogen) atoms. The van der Waals surface area contributed by atoms with Gasteiger partial charge in [-0.3, -0.25) is 0 Å². The van der Waals surface area contributed by atoms with Crippen LogP contribution >= 0.6 is 11.6 Å². The average molecular weight is 342 g/mol. The Kier molecular flexibility index (Phi) is 4.59. The molecule has 0 bridgehead atoms. The molecule has 7 nitrogen and oxygen atoms in total. The van der Waals surface area contributed by atoms with E-state index in [0.717, 1.165) is 0 Å². The van der Waals surface area contributed by atoms with Gasteiger partial charge in [0.15, 0.2) is 16.7 Å². The van der Waals surface area contributed by atoms with Crippen LogP contribution in [0.25, 0.3) is 0 Å². The molecule has 0 saturated heterocycles. The summed E-state index contributed by atoms with van der Waals surface area (Å²) in [4.78, 5) is 3.72. The van der Waals surface area contributed by atoms with E-state index in [2.05, 4.69) is 4.98 Å². The first kappa shape index (κ1) is 16.1. The molecular formula is C13H12ClN3O4S. The van der Waals surface area contributed by atoms with E-state index in [1.807, 2.05) is 6.07 Å². The van der Waals surface area contributed by atoms with Gasteiger partial charge in [-0.2, -0.15) is 13.7 Å². The highest BCUT2D eigenvalue weighted by atomic mass is 35.5. The van der Waals surface area contributed by atoms with Crippen molar-refractivity contribution >= 4 is 21.7 Å². The van der Waals surface area contributed by atoms with E-state index in [1.165, 1.54) is 29.1 Å². The van der Waals surface area contributed by atoms with Crippen molar-refractivity contribution in [2.45, 2.75) is 11.9 Å².